The summed E-state index contributed by atoms with van der Waals surface area (Å²) in [5, 5.41) is 0.0418. The maximum Gasteiger partial charge on any atom is 0.186 e. The number of carbonyl (C=O) groups is 2. The molecule has 0 aromatic heterocycles. The van der Waals surface area contributed by atoms with E-state index in [9.17, 15) is 9.59 Å². The molecule has 0 heterocycles. The number of thioether (sulfide) groups is 1. The van der Waals surface area contributed by atoms with Crippen molar-refractivity contribution < 1.29 is 14.3 Å². The molecule has 0 saturated heterocycles. The van der Waals surface area contributed by atoms with Crippen LogP contribution in [0.4, 0.5) is 0 Å². The van der Waals surface area contributed by atoms with Crippen molar-refractivity contribution in [3.05, 3.63) is 0 Å². The normalized spacial score (nSPS) is 15.6. The van der Waals surface area contributed by atoms with Crippen LogP contribution in [-0.2, 0) is 14.3 Å². The molecule has 4 heteroatoms. The standard InChI is InChI=1S/C12H22O3S/c1-10(14)16-12(5,6-8-13)7-9-15-11(2,3)4/h8H,6-7,9H2,1-5H3. The minimum atomic E-state index is -0.334. The minimum Gasteiger partial charge on any atom is -0.376 e. The quantitative estimate of drug-likeness (QED) is 0.676. The first-order valence-electron chi connectivity index (χ1n) is 5.46. The maximum absolute atomic E-state index is 11.1. The van der Waals surface area contributed by atoms with Gasteiger partial charge >= 0.3 is 0 Å². The third kappa shape index (κ3) is 7.88. The first-order valence-corrected chi connectivity index (χ1v) is 6.27. The fourth-order valence-electron chi connectivity index (χ4n) is 1.29. The molecule has 0 fully saturated rings. The Kier molecular flexibility index (Phi) is 6.26. The van der Waals surface area contributed by atoms with Gasteiger partial charge in [0.2, 0.25) is 0 Å². The largest absolute Gasteiger partial charge is 0.376 e. The van der Waals surface area contributed by atoms with Crippen LogP contribution in [0.25, 0.3) is 0 Å². The average Bonchev–Trinajstić information content (AvgIpc) is 1.99. The number of aldehydes is 1. The zero-order chi connectivity index (χ0) is 12.8. The van der Waals surface area contributed by atoms with E-state index in [2.05, 4.69) is 0 Å². The maximum atomic E-state index is 11.1. The lowest BCUT2D eigenvalue weighted by molar-refractivity contribution is -0.109. The topological polar surface area (TPSA) is 43.4 Å². The van der Waals surface area contributed by atoms with Crippen LogP contribution in [0.3, 0.4) is 0 Å². The Morgan fingerprint density at radius 3 is 2.25 bits per heavy atom. The Morgan fingerprint density at radius 1 is 1.31 bits per heavy atom. The Balaban J connectivity index is 4.22. The summed E-state index contributed by atoms with van der Waals surface area (Å²) in [5.41, 5.74) is -0.178. The highest BCUT2D eigenvalue weighted by molar-refractivity contribution is 8.14. The van der Waals surface area contributed by atoms with Gasteiger partial charge in [0, 0.05) is 24.7 Å². The van der Waals surface area contributed by atoms with Gasteiger partial charge in [-0.3, -0.25) is 4.79 Å². The lowest BCUT2D eigenvalue weighted by Gasteiger charge is -2.27. The van der Waals surface area contributed by atoms with E-state index >= 15 is 0 Å². The molecule has 0 aliphatic heterocycles. The second-order valence-corrected chi connectivity index (χ2v) is 6.89. The highest BCUT2D eigenvalue weighted by Gasteiger charge is 2.27. The molecule has 0 aromatic rings. The zero-order valence-corrected chi connectivity index (χ0v) is 11.6. The SMILES string of the molecule is CC(=O)SC(C)(CC=O)CCOC(C)(C)C. The molecule has 0 rings (SSSR count). The number of hydrogen-bond donors (Lipinski definition) is 0. The molecule has 0 amide bonds. The van der Waals surface area contributed by atoms with E-state index in [1.807, 2.05) is 27.7 Å². The van der Waals surface area contributed by atoms with Crippen LogP contribution in [-0.4, -0.2) is 28.4 Å². The van der Waals surface area contributed by atoms with E-state index in [1.54, 1.807) is 0 Å². The van der Waals surface area contributed by atoms with E-state index < -0.39 is 0 Å². The van der Waals surface area contributed by atoms with E-state index in [4.69, 9.17) is 4.74 Å². The zero-order valence-electron chi connectivity index (χ0n) is 10.8. The Morgan fingerprint density at radius 2 is 1.88 bits per heavy atom. The van der Waals surface area contributed by atoms with E-state index in [0.717, 1.165) is 6.29 Å². The van der Waals surface area contributed by atoms with Gasteiger partial charge in [0.05, 0.1) is 5.60 Å². The first kappa shape index (κ1) is 15.7. The fraction of sp³-hybridized carbons (Fsp3) is 0.833. The number of hydrogen-bond acceptors (Lipinski definition) is 4. The van der Waals surface area contributed by atoms with Crippen molar-refractivity contribution >= 4 is 23.2 Å². The molecular formula is C12H22O3S. The predicted octanol–water partition coefficient (Wildman–Crippen LogP) is 2.82. The van der Waals surface area contributed by atoms with Crippen molar-refractivity contribution in [2.45, 2.75) is 57.8 Å². The third-order valence-corrected chi connectivity index (χ3v) is 3.22. The second kappa shape index (κ2) is 6.40. The van der Waals surface area contributed by atoms with Gasteiger partial charge < -0.3 is 9.53 Å². The molecular weight excluding hydrogens is 224 g/mol. The van der Waals surface area contributed by atoms with Gasteiger partial charge in [-0.1, -0.05) is 11.8 Å². The summed E-state index contributed by atoms with van der Waals surface area (Å²) in [6.07, 6.45) is 1.95. The van der Waals surface area contributed by atoms with Crippen LogP contribution in [0.2, 0.25) is 0 Å². The van der Waals surface area contributed by atoms with Gasteiger partial charge in [-0.15, -0.1) is 0 Å². The first-order chi connectivity index (χ1) is 7.18. The fourth-order valence-corrected chi connectivity index (χ4v) is 2.32. The van der Waals surface area contributed by atoms with Crippen LogP contribution in [0, 0.1) is 0 Å². The van der Waals surface area contributed by atoms with Gasteiger partial charge in [-0.25, -0.2) is 0 Å². The van der Waals surface area contributed by atoms with Crippen molar-refractivity contribution in [1.82, 2.24) is 0 Å². The van der Waals surface area contributed by atoms with E-state index in [1.165, 1.54) is 18.7 Å². The van der Waals surface area contributed by atoms with Gasteiger partial charge in [0.15, 0.2) is 5.12 Å². The summed E-state index contributed by atoms with van der Waals surface area (Å²) < 4.78 is 5.28. The third-order valence-electron chi connectivity index (χ3n) is 2.07. The molecule has 0 aromatic carbocycles. The molecule has 0 radical (unpaired) electrons. The monoisotopic (exact) mass is 246 g/mol. The lowest BCUT2D eigenvalue weighted by atomic mass is 10.0. The lowest BCUT2D eigenvalue weighted by Crippen LogP contribution is -2.28. The molecule has 1 unspecified atom stereocenters. The number of rotatable bonds is 6. The highest BCUT2D eigenvalue weighted by Crippen LogP contribution is 2.32. The molecule has 1 atom stereocenters. The average molecular weight is 246 g/mol. The molecule has 16 heavy (non-hydrogen) atoms. The smallest absolute Gasteiger partial charge is 0.186 e. The van der Waals surface area contributed by atoms with Gasteiger partial charge in [0.25, 0.3) is 0 Å². The summed E-state index contributed by atoms with van der Waals surface area (Å²) >= 11 is 1.23. The van der Waals surface area contributed by atoms with Crippen LogP contribution in [0.1, 0.15) is 47.5 Å². The summed E-state index contributed by atoms with van der Waals surface area (Å²) in [6.45, 7) is 9.98. The molecule has 0 aliphatic rings. The number of ether oxygens (including phenoxy) is 1. The Hall–Kier alpha value is -0.350. The van der Waals surface area contributed by atoms with Gasteiger partial charge in [-0.2, -0.15) is 0 Å². The minimum absolute atomic E-state index is 0.0418. The van der Waals surface area contributed by atoms with Crippen LogP contribution in [0.15, 0.2) is 0 Å². The van der Waals surface area contributed by atoms with E-state index in [-0.39, 0.29) is 15.5 Å². The molecule has 3 nitrogen and oxygen atoms in total. The molecule has 0 aliphatic carbocycles. The second-order valence-electron chi connectivity index (χ2n) is 5.13. The predicted molar refractivity (Wildman–Crippen MR) is 67.7 cm³/mol. The Bertz CT molecular complexity index is 245. The molecule has 94 valence electrons. The summed E-state index contributed by atoms with van der Waals surface area (Å²) in [5.74, 6) is 0. The van der Waals surface area contributed by atoms with Crippen molar-refractivity contribution in [3.8, 4) is 0 Å². The van der Waals surface area contributed by atoms with Crippen molar-refractivity contribution in [1.29, 1.82) is 0 Å². The Labute approximate surface area is 102 Å². The van der Waals surface area contributed by atoms with E-state index in [0.29, 0.717) is 19.4 Å². The van der Waals surface area contributed by atoms with Crippen LogP contribution in [0.5, 0.6) is 0 Å². The molecule has 0 bridgehead atoms. The van der Waals surface area contributed by atoms with Crippen molar-refractivity contribution in [2.75, 3.05) is 6.61 Å². The number of carbonyl (C=O) groups excluding carboxylic acids is 2. The van der Waals surface area contributed by atoms with Gasteiger partial charge in [0.1, 0.15) is 6.29 Å². The summed E-state index contributed by atoms with van der Waals surface area (Å²) in [4.78, 5) is 21.7. The molecule has 0 saturated carbocycles. The molecule has 0 spiro atoms. The summed E-state index contributed by atoms with van der Waals surface area (Å²) in [6, 6.07) is 0. The van der Waals surface area contributed by atoms with Crippen LogP contribution >= 0.6 is 11.8 Å². The molecule has 0 N–H and O–H groups in total. The summed E-state index contributed by atoms with van der Waals surface area (Å²) in [7, 11) is 0. The van der Waals surface area contributed by atoms with Crippen molar-refractivity contribution in [3.63, 3.8) is 0 Å². The highest BCUT2D eigenvalue weighted by atomic mass is 32.2. The van der Waals surface area contributed by atoms with Crippen molar-refractivity contribution in [2.24, 2.45) is 0 Å². The van der Waals surface area contributed by atoms with Crippen LogP contribution < -0.4 is 0 Å². The van der Waals surface area contributed by atoms with Gasteiger partial charge in [-0.05, 0) is 34.1 Å².